The largest absolute Gasteiger partial charge is 0.326 e. The number of nitrogens with one attached hydrogen (secondary N) is 2. The smallest absolute Gasteiger partial charge is 0.312 e. The van der Waals surface area contributed by atoms with Gasteiger partial charge in [-0.05, 0) is 38.1 Å². The SMILES string of the molecule is CCNCc1cccc(NC(=O)CCn2nc(C)c([N+](=O)[O-])c2C)c1. The molecule has 1 aromatic carbocycles. The number of carbonyl (C=O) groups is 1. The van der Waals surface area contributed by atoms with Crippen LogP contribution in [0.25, 0.3) is 0 Å². The lowest BCUT2D eigenvalue weighted by atomic mass is 10.2. The van der Waals surface area contributed by atoms with Crippen molar-refractivity contribution in [1.82, 2.24) is 15.1 Å². The molecule has 2 N–H and O–H groups in total. The predicted octanol–water partition coefficient (Wildman–Crippen LogP) is 2.55. The Morgan fingerprint density at radius 2 is 2.12 bits per heavy atom. The third kappa shape index (κ3) is 4.87. The van der Waals surface area contributed by atoms with Crippen LogP contribution < -0.4 is 10.6 Å². The van der Waals surface area contributed by atoms with Crippen molar-refractivity contribution in [3.05, 3.63) is 51.3 Å². The molecule has 2 rings (SSSR count). The van der Waals surface area contributed by atoms with Crippen LogP contribution >= 0.6 is 0 Å². The fourth-order valence-corrected chi connectivity index (χ4v) is 2.63. The maximum absolute atomic E-state index is 12.1. The highest BCUT2D eigenvalue weighted by Gasteiger charge is 2.21. The summed E-state index contributed by atoms with van der Waals surface area (Å²) in [5, 5.41) is 21.2. The molecule has 0 atom stereocenters. The zero-order valence-electron chi connectivity index (χ0n) is 14.7. The van der Waals surface area contributed by atoms with Crippen molar-refractivity contribution in [2.75, 3.05) is 11.9 Å². The predicted molar refractivity (Wildman–Crippen MR) is 95.4 cm³/mol. The van der Waals surface area contributed by atoms with Crippen molar-refractivity contribution >= 4 is 17.3 Å². The molecule has 0 unspecified atom stereocenters. The molecule has 25 heavy (non-hydrogen) atoms. The van der Waals surface area contributed by atoms with Crippen LogP contribution in [0.4, 0.5) is 11.4 Å². The third-order valence-electron chi connectivity index (χ3n) is 3.87. The normalized spacial score (nSPS) is 10.7. The van der Waals surface area contributed by atoms with Gasteiger partial charge in [-0.2, -0.15) is 5.10 Å². The first kappa shape index (κ1) is 18.6. The van der Waals surface area contributed by atoms with Crippen molar-refractivity contribution in [3.63, 3.8) is 0 Å². The van der Waals surface area contributed by atoms with Gasteiger partial charge in [0.1, 0.15) is 11.4 Å². The molecule has 0 fully saturated rings. The Labute approximate surface area is 146 Å². The van der Waals surface area contributed by atoms with E-state index in [9.17, 15) is 14.9 Å². The number of aromatic nitrogens is 2. The summed E-state index contributed by atoms with van der Waals surface area (Å²) in [7, 11) is 0. The van der Waals surface area contributed by atoms with E-state index in [1.165, 1.54) is 4.68 Å². The van der Waals surface area contributed by atoms with E-state index < -0.39 is 4.92 Å². The van der Waals surface area contributed by atoms with Gasteiger partial charge in [-0.25, -0.2) is 0 Å². The van der Waals surface area contributed by atoms with E-state index in [1.54, 1.807) is 13.8 Å². The number of hydrogen-bond donors (Lipinski definition) is 2. The zero-order chi connectivity index (χ0) is 18.4. The summed E-state index contributed by atoms with van der Waals surface area (Å²) in [6, 6.07) is 7.65. The van der Waals surface area contributed by atoms with Gasteiger partial charge in [0.15, 0.2) is 0 Å². The van der Waals surface area contributed by atoms with E-state index in [-0.39, 0.29) is 18.0 Å². The number of anilines is 1. The maximum Gasteiger partial charge on any atom is 0.312 e. The van der Waals surface area contributed by atoms with Crippen molar-refractivity contribution in [1.29, 1.82) is 0 Å². The number of rotatable bonds is 8. The molecule has 8 nitrogen and oxygen atoms in total. The first-order chi connectivity index (χ1) is 11.9. The Balaban J connectivity index is 1.95. The van der Waals surface area contributed by atoms with Gasteiger partial charge < -0.3 is 10.6 Å². The second-order valence-corrected chi connectivity index (χ2v) is 5.78. The Kier molecular flexibility index (Phi) is 6.24. The first-order valence-electron chi connectivity index (χ1n) is 8.20. The van der Waals surface area contributed by atoms with Crippen LogP contribution in [-0.4, -0.2) is 27.2 Å². The molecule has 0 aliphatic rings. The molecule has 0 saturated heterocycles. The van der Waals surface area contributed by atoms with E-state index in [2.05, 4.69) is 15.7 Å². The summed E-state index contributed by atoms with van der Waals surface area (Å²) in [6.45, 7) is 7.19. The molecule has 0 saturated carbocycles. The molecule has 0 aliphatic heterocycles. The van der Waals surface area contributed by atoms with Gasteiger partial charge in [-0.3, -0.25) is 19.6 Å². The molecule has 2 aromatic rings. The van der Waals surface area contributed by atoms with Crippen molar-refractivity contribution in [2.45, 2.75) is 40.3 Å². The topological polar surface area (TPSA) is 102 Å². The van der Waals surface area contributed by atoms with Crippen molar-refractivity contribution < 1.29 is 9.72 Å². The molecule has 1 heterocycles. The minimum atomic E-state index is -0.440. The van der Waals surface area contributed by atoms with Crippen molar-refractivity contribution in [3.8, 4) is 0 Å². The van der Waals surface area contributed by atoms with Gasteiger partial charge in [-0.15, -0.1) is 0 Å². The minimum Gasteiger partial charge on any atom is -0.326 e. The first-order valence-corrected chi connectivity index (χ1v) is 8.20. The molecule has 1 amide bonds. The number of amides is 1. The summed E-state index contributed by atoms with van der Waals surface area (Å²) in [5.41, 5.74) is 2.66. The molecule has 0 radical (unpaired) electrons. The average molecular weight is 345 g/mol. The van der Waals surface area contributed by atoms with Crippen LogP contribution in [0.15, 0.2) is 24.3 Å². The molecule has 1 aromatic heterocycles. The van der Waals surface area contributed by atoms with E-state index in [0.29, 0.717) is 17.9 Å². The Bertz CT molecular complexity index is 770. The number of carbonyl (C=O) groups excluding carboxylic acids is 1. The second-order valence-electron chi connectivity index (χ2n) is 5.78. The molecule has 134 valence electrons. The third-order valence-corrected chi connectivity index (χ3v) is 3.87. The van der Waals surface area contributed by atoms with Crippen molar-refractivity contribution in [2.24, 2.45) is 0 Å². The van der Waals surface area contributed by atoms with E-state index in [4.69, 9.17) is 0 Å². The molecule has 8 heteroatoms. The van der Waals surface area contributed by atoms with Gasteiger partial charge >= 0.3 is 5.69 Å². The standard InChI is InChI=1S/C17H23N5O3/c1-4-18-11-14-6-5-7-15(10-14)19-16(23)8-9-21-13(3)17(22(24)25)12(2)20-21/h5-7,10,18H,4,8-9,11H2,1-3H3,(H,19,23). The molecule has 0 bridgehead atoms. The lowest BCUT2D eigenvalue weighted by molar-refractivity contribution is -0.386. The summed E-state index contributed by atoms with van der Waals surface area (Å²) in [5.74, 6) is -0.157. The van der Waals surface area contributed by atoms with Crippen LogP contribution in [0.5, 0.6) is 0 Å². The Morgan fingerprint density at radius 3 is 2.76 bits per heavy atom. The highest BCUT2D eigenvalue weighted by Crippen LogP contribution is 2.22. The van der Waals surface area contributed by atoms with Crippen LogP contribution in [-0.2, 0) is 17.9 Å². The summed E-state index contributed by atoms with van der Waals surface area (Å²) >= 11 is 0. The number of nitrogens with zero attached hydrogens (tertiary/aromatic N) is 3. The highest BCUT2D eigenvalue weighted by atomic mass is 16.6. The summed E-state index contributed by atoms with van der Waals surface area (Å²) in [6.07, 6.45) is 0.191. The Hall–Kier alpha value is -2.74. The molecule has 0 aliphatic carbocycles. The second kappa shape index (κ2) is 8.39. The van der Waals surface area contributed by atoms with Gasteiger partial charge in [0.2, 0.25) is 5.91 Å². The fraction of sp³-hybridized carbons (Fsp3) is 0.412. The molecule has 0 spiro atoms. The summed E-state index contributed by atoms with van der Waals surface area (Å²) < 4.78 is 1.51. The molecular weight excluding hydrogens is 322 g/mol. The zero-order valence-corrected chi connectivity index (χ0v) is 14.7. The highest BCUT2D eigenvalue weighted by molar-refractivity contribution is 5.90. The fourth-order valence-electron chi connectivity index (χ4n) is 2.63. The quantitative estimate of drug-likeness (QED) is 0.565. The molecular formula is C17H23N5O3. The van der Waals surface area contributed by atoms with Crippen LogP contribution in [0.1, 0.15) is 30.3 Å². The summed E-state index contributed by atoms with van der Waals surface area (Å²) in [4.78, 5) is 22.7. The minimum absolute atomic E-state index is 0.0107. The Morgan fingerprint density at radius 1 is 1.36 bits per heavy atom. The van der Waals surface area contributed by atoms with Crippen LogP contribution in [0.3, 0.4) is 0 Å². The lowest BCUT2D eigenvalue weighted by Gasteiger charge is -2.08. The maximum atomic E-state index is 12.1. The number of nitro groups is 1. The van der Waals surface area contributed by atoms with Crippen LogP contribution in [0, 0.1) is 24.0 Å². The van der Waals surface area contributed by atoms with E-state index >= 15 is 0 Å². The van der Waals surface area contributed by atoms with E-state index in [1.807, 2.05) is 31.2 Å². The number of hydrogen-bond acceptors (Lipinski definition) is 5. The van der Waals surface area contributed by atoms with E-state index in [0.717, 1.165) is 24.3 Å². The van der Waals surface area contributed by atoms with Gasteiger partial charge in [-0.1, -0.05) is 19.1 Å². The monoisotopic (exact) mass is 345 g/mol. The number of aryl methyl sites for hydroxylation is 2. The van der Waals surface area contributed by atoms with Gasteiger partial charge in [0.05, 0.1) is 11.5 Å². The van der Waals surface area contributed by atoms with Crippen LogP contribution in [0.2, 0.25) is 0 Å². The average Bonchev–Trinajstić information content (AvgIpc) is 2.85. The lowest BCUT2D eigenvalue weighted by Crippen LogP contribution is -2.16. The van der Waals surface area contributed by atoms with Gasteiger partial charge in [0, 0.05) is 18.7 Å². The number of benzene rings is 1. The van der Waals surface area contributed by atoms with Gasteiger partial charge in [0.25, 0.3) is 0 Å².